The van der Waals surface area contributed by atoms with Gasteiger partial charge in [-0.3, -0.25) is 0 Å². The molecule has 1 nitrogen and oxygen atoms in total. The smallest absolute Gasteiger partial charge is 0.0585 e. The van der Waals surface area contributed by atoms with E-state index in [0.717, 1.165) is 10.9 Å². The Labute approximate surface area is 143 Å². The zero-order valence-electron chi connectivity index (χ0n) is 11.8. The van der Waals surface area contributed by atoms with Crippen LogP contribution in [-0.2, 0) is 6.42 Å². The number of halogens is 2. The molecule has 1 N–H and O–H groups in total. The molecular formula is C17H19BrIN. The minimum absolute atomic E-state index is 0.233. The van der Waals surface area contributed by atoms with Crippen molar-refractivity contribution in [3.8, 4) is 0 Å². The topological polar surface area (TPSA) is 12.0 Å². The average molecular weight is 444 g/mol. The predicted molar refractivity (Wildman–Crippen MR) is 98.2 cm³/mol. The Morgan fingerprint density at radius 1 is 1.20 bits per heavy atom. The van der Waals surface area contributed by atoms with E-state index >= 15 is 0 Å². The predicted octanol–water partition coefficient (Wildman–Crippen LogP) is 5.32. The molecule has 2 aromatic carbocycles. The largest absolute Gasteiger partial charge is 0.309 e. The van der Waals surface area contributed by atoms with Crippen LogP contribution in [0.2, 0.25) is 0 Å². The summed E-state index contributed by atoms with van der Waals surface area (Å²) in [6.45, 7) is 2.22. The second-order valence-corrected chi connectivity index (χ2v) is 6.96. The van der Waals surface area contributed by atoms with E-state index in [0.29, 0.717) is 0 Å². The van der Waals surface area contributed by atoms with Crippen LogP contribution >= 0.6 is 38.5 Å². The van der Waals surface area contributed by atoms with E-state index in [2.05, 4.69) is 93.2 Å². The molecule has 0 saturated heterocycles. The third-order valence-corrected chi connectivity index (χ3v) is 4.86. The quantitative estimate of drug-likeness (QED) is 0.617. The highest BCUT2D eigenvalue weighted by Crippen LogP contribution is 2.29. The molecular weight excluding hydrogens is 425 g/mol. The lowest BCUT2D eigenvalue weighted by molar-refractivity contribution is 0.686. The molecule has 1 unspecified atom stereocenters. The summed E-state index contributed by atoms with van der Waals surface area (Å²) < 4.78 is 2.41. The summed E-state index contributed by atoms with van der Waals surface area (Å²) >= 11 is 5.98. The van der Waals surface area contributed by atoms with E-state index in [1.165, 1.54) is 26.7 Å². The molecule has 20 heavy (non-hydrogen) atoms. The Kier molecular flexibility index (Phi) is 6.05. The van der Waals surface area contributed by atoms with Gasteiger partial charge in [-0.15, -0.1) is 0 Å². The molecule has 0 radical (unpaired) electrons. The lowest BCUT2D eigenvalue weighted by Gasteiger charge is -2.20. The van der Waals surface area contributed by atoms with Crippen molar-refractivity contribution in [1.29, 1.82) is 0 Å². The van der Waals surface area contributed by atoms with Gasteiger partial charge in [-0.2, -0.15) is 0 Å². The molecule has 0 fully saturated rings. The maximum Gasteiger partial charge on any atom is 0.0585 e. The number of rotatable bonds is 5. The van der Waals surface area contributed by atoms with Crippen molar-refractivity contribution in [2.24, 2.45) is 0 Å². The lowest BCUT2D eigenvalue weighted by Crippen LogP contribution is -2.19. The normalized spacial score (nSPS) is 12.4. The number of nitrogens with one attached hydrogen (secondary N) is 1. The van der Waals surface area contributed by atoms with Crippen LogP contribution in [0.1, 0.15) is 36.1 Å². The van der Waals surface area contributed by atoms with Crippen LogP contribution in [0.25, 0.3) is 0 Å². The molecule has 0 bridgehead atoms. The highest BCUT2D eigenvalue weighted by molar-refractivity contribution is 14.1. The van der Waals surface area contributed by atoms with Gasteiger partial charge in [0.15, 0.2) is 0 Å². The number of benzene rings is 2. The Bertz CT molecular complexity index is 583. The SMILES string of the molecule is CCCc1cccc(C(NC)c2cc(Br)ccc2I)c1. The fourth-order valence-electron chi connectivity index (χ4n) is 2.45. The first-order chi connectivity index (χ1) is 9.65. The molecule has 3 heteroatoms. The number of hydrogen-bond donors (Lipinski definition) is 1. The first kappa shape index (κ1) is 16.0. The highest BCUT2D eigenvalue weighted by Gasteiger charge is 2.15. The number of aryl methyl sites for hydroxylation is 1. The molecule has 0 aliphatic rings. The Morgan fingerprint density at radius 2 is 2.00 bits per heavy atom. The van der Waals surface area contributed by atoms with Gasteiger partial charge in [-0.05, 0) is 70.9 Å². The van der Waals surface area contributed by atoms with Gasteiger partial charge in [0, 0.05) is 8.04 Å². The molecule has 106 valence electrons. The molecule has 2 rings (SSSR count). The monoisotopic (exact) mass is 443 g/mol. The van der Waals surface area contributed by atoms with Crippen molar-refractivity contribution >= 4 is 38.5 Å². The van der Waals surface area contributed by atoms with Gasteiger partial charge in [-0.1, -0.05) is 53.5 Å². The van der Waals surface area contributed by atoms with Crippen molar-refractivity contribution in [3.63, 3.8) is 0 Å². The zero-order valence-corrected chi connectivity index (χ0v) is 15.5. The van der Waals surface area contributed by atoms with Gasteiger partial charge in [0.2, 0.25) is 0 Å². The van der Waals surface area contributed by atoms with Gasteiger partial charge in [-0.25, -0.2) is 0 Å². The van der Waals surface area contributed by atoms with Gasteiger partial charge in [0.1, 0.15) is 0 Å². The summed E-state index contributed by atoms with van der Waals surface area (Å²) in [6, 6.07) is 15.6. The summed E-state index contributed by atoms with van der Waals surface area (Å²) in [5.41, 5.74) is 4.06. The van der Waals surface area contributed by atoms with Crippen molar-refractivity contribution < 1.29 is 0 Å². The standard InChI is InChI=1S/C17H19BrIN/c1-3-5-12-6-4-7-13(10-12)17(20-2)15-11-14(18)8-9-16(15)19/h4,6-11,17,20H,3,5H2,1-2H3. The molecule has 0 aromatic heterocycles. The van der Waals surface area contributed by atoms with E-state index < -0.39 is 0 Å². The van der Waals surface area contributed by atoms with Crippen molar-refractivity contribution in [2.75, 3.05) is 7.05 Å². The van der Waals surface area contributed by atoms with Crippen LogP contribution in [0.5, 0.6) is 0 Å². The van der Waals surface area contributed by atoms with Gasteiger partial charge in [0.25, 0.3) is 0 Å². The zero-order chi connectivity index (χ0) is 14.5. The molecule has 0 amide bonds. The van der Waals surface area contributed by atoms with Gasteiger partial charge < -0.3 is 5.32 Å². The van der Waals surface area contributed by atoms with Crippen molar-refractivity contribution in [2.45, 2.75) is 25.8 Å². The van der Waals surface area contributed by atoms with Crippen LogP contribution in [-0.4, -0.2) is 7.05 Å². The summed E-state index contributed by atoms with van der Waals surface area (Å²) in [7, 11) is 2.02. The average Bonchev–Trinajstić information content (AvgIpc) is 2.44. The second-order valence-electron chi connectivity index (χ2n) is 4.88. The van der Waals surface area contributed by atoms with Crippen LogP contribution in [0.15, 0.2) is 46.9 Å². The third-order valence-electron chi connectivity index (χ3n) is 3.38. The molecule has 1 atom stereocenters. The molecule has 2 aromatic rings. The van der Waals surface area contributed by atoms with E-state index in [1.807, 2.05) is 7.05 Å². The maximum absolute atomic E-state index is 3.57. The second kappa shape index (κ2) is 7.57. The van der Waals surface area contributed by atoms with Gasteiger partial charge in [0.05, 0.1) is 6.04 Å². The van der Waals surface area contributed by atoms with Crippen molar-refractivity contribution in [3.05, 3.63) is 67.2 Å². The van der Waals surface area contributed by atoms with E-state index in [9.17, 15) is 0 Å². The van der Waals surface area contributed by atoms with Crippen LogP contribution in [0.4, 0.5) is 0 Å². The molecule has 0 spiro atoms. The highest BCUT2D eigenvalue weighted by atomic mass is 127. The summed E-state index contributed by atoms with van der Waals surface area (Å²) in [5.74, 6) is 0. The van der Waals surface area contributed by atoms with E-state index in [4.69, 9.17) is 0 Å². The van der Waals surface area contributed by atoms with Crippen LogP contribution in [0.3, 0.4) is 0 Å². The first-order valence-corrected chi connectivity index (χ1v) is 8.74. The molecule has 0 heterocycles. The number of hydrogen-bond acceptors (Lipinski definition) is 1. The van der Waals surface area contributed by atoms with Crippen LogP contribution < -0.4 is 5.32 Å². The Hall–Kier alpha value is -0.390. The summed E-state index contributed by atoms with van der Waals surface area (Å²) in [6.07, 6.45) is 2.32. The van der Waals surface area contributed by atoms with Crippen molar-refractivity contribution in [1.82, 2.24) is 5.32 Å². The first-order valence-electron chi connectivity index (χ1n) is 6.86. The summed E-state index contributed by atoms with van der Waals surface area (Å²) in [5, 5.41) is 3.45. The van der Waals surface area contributed by atoms with E-state index in [1.54, 1.807) is 0 Å². The minimum Gasteiger partial charge on any atom is -0.309 e. The third kappa shape index (κ3) is 3.83. The summed E-state index contributed by atoms with van der Waals surface area (Å²) in [4.78, 5) is 0. The Balaban J connectivity index is 2.41. The fourth-order valence-corrected chi connectivity index (χ4v) is 3.48. The molecule has 0 saturated carbocycles. The van der Waals surface area contributed by atoms with E-state index in [-0.39, 0.29) is 6.04 Å². The fraction of sp³-hybridized carbons (Fsp3) is 0.294. The minimum atomic E-state index is 0.233. The molecule has 0 aliphatic heterocycles. The van der Waals surface area contributed by atoms with Gasteiger partial charge >= 0.3 is 0 Å². The maximum atomic E-state index is 3.57. The van der Waals surface area contributed by atoms with Crippen LogP contribution in [0, 0.1) is 3.57 Å². The molecule has 0 aliphatic carbocycles. The Morgan fingerprint density at radius 3 is 2.70 bits per heavy atom. The lowest BCUT2D eigenvalue weighted by atomic mass is 9.96.